The number of hydrogen-bond donors (Lipinski definition) is 1. The maximum Gasteiger partial charge on any atom is 0.161 e. The molecular weight excluding hydrogens is 238 g/mol. The highest BCUT2D eigenvalue weighted by molar-refractivity contribution is 5.58. The predicted octanol–water partition coefficient (Wildman–Crippen LogP) is 3.27. The van der Waals surface area contributed by atoms with E-state index in [-0.39, 0.29) is 0 Å². The molecule has 1 aromatic rings. The van der Waals surface area contributed by atoms with Crippen LogP contribution in [0.25, 0.3) is 6.08 Å². The molecule has 0 aliphatic rings. The third-order valence-electron chi connectivity index (χ3n) is 2.77. The van der Waals surface area contributed by atoms with Gasteiger partial charge in [0, 0.05) is 6.54 Å². The Bertz CT molecular complexity index is 438. The molecule has 1 N–H and O–H groups in total. The SMILES string of the molecule is C=CCOc1ccc(C=C(CC)CNC)cc1OC. The molecule has 0 aliphatic carbocycles. The number of likely N-dealkylation sites (N-methyl/N-ethyl adjacent to an activating group) is 1. The second-order valence-corrected chi connectivity index (χ2v) is 4.20. The summed E-state index contributed by atoms with van der Waals surface area (Å²) in [4.78, 5) is 0. The zero-order valence-electron chi connectivity index (χ0n) is 12.0. The topological polar surface area (TPSA) is 30.5 Å². The Morgan fingerprint density at radius 1 is 1.37 bits per heavy atom. The highest BCUT2D eigenvalue weighted by Crippen LogP contribution is 2.29. The molecule has 0 aromatic heterocycles. The molecule has 0 atom stereocenters. The van der Waals surface area contributed by atoms with E-state index in [0.29, 0.717) is 6.61 Å². The lowest BCUT2D eigenvalue weighted by atomic mass is 10.1. The van der Waals surface area contributed by atoms with Gasteiger partial charge in [-0.3, -0.25) is 0 Å². The molecule has 0 fully saturated rings. The number of nitrogens with one attached hydrogen (secondary N) is 1. The van der Waals surface area contributed by atoms with Crippen LogP contribution in [0.5, 0.6) is 11.5 Å². The molecule has 0 amide bonds. The Morgan fingerprint density at radius 2 is 2.16 bits per heavy atom. The van der Waals surface area contributed by atoms with Gasteiger partial charge in [-0.25, -0.2) is 0 Å². The van der Waals surface area contributed by atoms with E-state index in [4.69, 9.17) is 9.47 Å². The van der Waals surface area contributed by atoms with Crippen molar-refractivity contribution < 1.29 is 9.47 Å². The third kappa shape index (κ3) is 4.79. The molecule has 0 bridgehead atoms. The van der Waals surface area contributed by atoms with Crippen molar-refractivity contribution in [3.63, 3.8) is 0 Å². The molecule has 0 unspecified atom stereocenters. The van der Waals surface area contributed by atoms with Gasteiger partial charge in [0.05, 0.1) is 7.11 Å². The van der Waals surface area contributed by atoms with Gasteiger partial charge in [0.2, 0.25) is 0 Å². The van der Waals surface area contributed by atoms with Gasteiger partial charge in [0.25, 0.3) is 0 Å². The molecule has 104 valence electrons. The van der Waals surface area contributed by atoms with Gasteiger partial charge in [0.15, 0.2) is 11.5 Å². The van der Waals surface area contributed by atoms with Crippen molar-refractivity contribution in [2.75, 3.05) is 27.3 Å². The summed E-state index contributed by atoms with van der Waals surface area (Å²) in [6.07, 6.45) is 4.92. The lowest BCUT2D eigenvalue weighted by Gasteiger charge is -2.10. The van der Waals surface area contributed by atoms with Crippen LogP contribution in [0.3, 0.4) is 0 Å². The van der Waals surface area contributed by atoms with E-state index in [1.165, 1.54) is 5.57 Å². The summed E-state index contributed by atoms with van der Waals surface area (Å²) < 4.78 is 10.9. The first-order valence-electron chi connectivity index (χ1n) is 6.50. The highest BCUT2D eigenvalue weighted by atomic mass is 16.5. The number of hydrogen-bond acceptors (Lipinski definition) is 3. The van der Waals surface area contributed by atoms with Crippen LogP contribution >= 0.6 is 0 Å². The van der Waals surface area contributed by atoms with Crippen molar-refractivity contribution in [3.8, 4) is 11.5 Å². The van der Waals surface area contributed by atoms with Gasteiger partial charge in [-0.1, -0.05) is 37.3 Å². The summed E-state index contributed by atoms with van der Waals surface area (Å²) in [5.74, 6) is 1.49. The second-order valence-electron chi connectivity index (χ2n) is 4.20. The number of ether oxygens (including phenoxy) is 2. The molecule has 0 radical (unpaired) electrons. The summed E-state index contributed by atoms with van der Waals surface area (Å²) in [5, 5.41) is 3.17. The summed E-state index contributed by atoms with van der Waals surface area (Å²) >= 11 is 0. The molecule has 1 rings (SSSR count). The average Bonchev–Trinajstić information content (AvgIpc) is 2.45. The minimum atomic E-state index is 0.478. The van der Waals surface area contributed by atoms with Crippen LogP contribution in [0, 0.1) is 0 Å². The smallest absolute Gasteiger partial charge is 0.161 e. The predicted molar refractivity (Wildman–Crippen MR) is 80.9 cm³/mol. The van der Waals surface area contributed by atoms with E-state index >= 15 is 0 Å². The Hall–Kier alpha value is -1.74. The van der Waals surface area contributed by atoms with Gasteiger partial charge in [-0.15, -0.1) is 0 Å². The van der Waals surface area contributed by atoms with Crippen molar-refractivity contribution >= 4 is 6.08 Å². The molecule has 0 saturated carbocycles. The Labute approximate surface area is 115 Å². The van der Waals surface area contributed by atoms with Gasteiger partial charge in [-0.05, 0) is 31.2 Å². The second kappa shape index (κ2) is 8.38. The minimum Gasteiger partial charge on any atom is -0.493 e. The van der Waals surface area contributed by atoms with E-state index < -0.39 is 0 Å². The fraction of sp³-hybridized carbons (Fsp3) is 0.375. The monoisotopic (exact) mass is 261 g/mol. The molecule has 3 nitrogen and oxygen atoms in total. The van der Waals surface area contributed by atoms with E-state index in [9.17, 15) is 0 Å². The first kappa shape index (κ1) is 15.3. The molecule has 3 heteroatoms. The number of methoxy groups -OCH3 is 1. The standard InChI is InChI=1S/C16H23NO2/c1-5-9-19-15-8-7-14(11-16(15)18-4)10-13(6-2)12-17-3/h5,7-8,10-11,17H,1,6,9,12H2,2-4H3. The molecule has 0 aliphatic heterocycles. The van der Waals surface area contributed by atoms with Gasteiger partial charge in [-0.2, -0.15) is 0 Å². The maximum atomic E-state index is 5.53. The van der Waals surface area contributed by atoms with Crippen molar-refractivity contribution in [1.82, 2.24) is 5.32 Å². The number of rotatable bonds is 8. The molecular formula is C16H23NO2. The molecule has 0 spiro atoms. The quantitative estimate of drug-likeness (QED) is 0.728. The summed E-state index contributed by atoms with van der Waals surface area (Å²) in [5.41, 5.74) is 2.47. The van der Waals surface area contributed by atoms with Crippen LogP contribution in [0.1, 0.15) is 18.9 Å². The normalized spacial score (nSPS) is 11.2. The summed E-state index contributed by atoms with van der Waals surface area (Å²) in [6.45, 7) is 7.17. The van der Waals surface area contributed by atoms with Crippen molar-refractivity contribution in [2.45, 2.75) is 13.3 Å². The van der Waals surface area contributed by atoms with Crippen LogP contribution in [-0.4, -0.2) is 27.3 Å². The Kier molecular flexibility index (Phi) is 6.75. The highest BCUT2D eigenvalue weighted by Gasteiger charge is 2.04. The molecule has 19 heavy (non-hydrogen) atoms. The minimum absolute atomic E-state index is 0.478. The fourth-order valence-electron chi connectivity index (χ4n) is 1.78. The van der Waals surface area contributed by atoms with E-state index in [0.717, 1.165) is 30.0 Å². The first-order valence-corrected chi connectivity index (χ1v) is 6.50. The fourth-order valence-corrected chi connectivity index (χ4v) is 1.78. The van der Waals surface area contributed by atoms with Crippen molar-refractivity contribution in [2.24, 2.45) is 0 Å². The maximum absolute atomic E-state index is 5.53. The first-order chi connectivity index (χ1) is 9.24. The zero-order valence-corrected chi connectivity index (χ0v) is 12.0. The Balaban J connectivity index is 2.95. The molecule has 0 heterocycles. The zero-order chi connectivity index (χ0) is 14.1. The van der Waals surface area contributed by atoms with Gasteiger partial charge < -0.3 is 14.8 Å². The summed E-state index contributed by atoms with van der Waals surface area (Å²) in [7, 11) is 3.61. The lowest BCUT2D eigenvalue weighted by Crippen LogP contribution is -2.09. The number of benzene rings is 1. The van der Waals surface area contributed by atoms with Crippen LogP contribution in [-0.2, 0) is 0 Å². The lowest BCUT2D eigenvalue weighted by molar-refractivity contribution is 0.326. The van der Waals surface area contributed by atoms with Crippen LogP contribution in [0.4, 0.5) is 0 Å². The largest absolute Gasteiger partial charge is 0.493 e. The van der Waals surface area contributed by atoms with Crippen molar-refractivity contribution in [3.05, 3.63) is 42.0 Å². The van der Waals surface area contributed by atoms with Crippen LogP contribution in [0.15, 0.2) is 36.4 Å². The molecule has 0 saturated heterocycles. The Morgan fingerprint density at radius 3 is 2.74 bits per heavy atom. The van der Waals surface area contributed by atoms with Crippen LogP contribution in [0.2, 0.25) is 0 Å². The van der Waals surface area contributed by atoms with Gasteiger partial charge in [0.1, 0.15) is 6.61 Å². The van der Waals surface area contributed by atoms with E-state index in [2.05, 4.69) is 24.9 Å². The molecule has 1 aromatic carbocycles. The van der Waals surface area contributed by atoms with E-state index in [1.807, 2.05) is 25.2 Å². The average molecular weight is 261 g/mol. The van der Waals surface area contributed by atoms with Crippen LogP contribution < -0.4 is 14.8 Å². The van der Waals surface area contributed by atoms with E-state index in [1.54, 1.807) is 13.2 Å². The van der Waals surface area contributed by atoms with Crippen molar-refractivity contribution in [1.29, 1.82) is 0 Å². The third-order valence-corrected chi connectivity index (χ3v) is 2.77. The summed E-state index contributed by atoms with van der Waals surface area (Å²) in [6, 6.07) is 5.96. The van der Waals surface area contributed by atoms with Gasteiger partial charge >= 0.3 is 0 Å².